The van der Waals surface area contributed by atoms with Gasteiger partial charge in [0.05, 0.1) is 3.39 Å². The molecule has 0 saturated carbocycles. The van der Waals surface area contributed by atoms with E-state index < -0.39 is 0 Å². The lowest BCUT2D eigenvalue weighted by Crippen LogP contribution is -1.91. The number of ketones is 1. The van der Waals surface area contributed by atoms with Gasteiger partial charge in [0.1, 0.15) is 5.78 Å². The Balaban J connectivity index is 2.38. The number of aryl methyl sites for hydroxylation is 1. The molecule has 3 heteroatoms. The number of carbonyl (C=O) groups is 1. The summed E-state index contributed by atoms with van der Waals surface area (Å²) in [4.78, 5) is 10.8. The summed E-state index contributed by atoms with van der Waals surface area (Å²) in [6.45, 7) is 1.66. The van der Waals surface area contributed by atoms with Crippen LogP contribution in [0.4, 0.5) is 0 Å². The van der Waals surface area contributed by atoms with E-state index in [0.717, 1.165) is 35.5 Å². The van der Waals surface area contributed by atoms with E-state index in [0.29, 0.717) is 5.78 Å². The van der Waals surface area contributed by atoms with Crippen molar-refractivity contribution in [1.29, 1.82) is 0 Å². The van der Waals surface area contributed by atoms with Crippen LogP contribution in [0.1, 0.15) is 43.7 Å². The maximum Gasteiger partial charge on any atom is 0.129 e. The van der Waals surface area contributed by atoms with Crippen molar-refractivity contribution >= 4 is 43.7 Å². The average molecular weight is 374 g/mol. The van der Waals surface area contributed by atoms with Crippen molar-refractivity contribution < 1.29 is 4.79 Å². The first-order valence-corrected chi connectivity index (χ1v) is 7.77. The minimum absolute atomic E-state index is 0.296. The van der Waals surface area contributed by atoms with Crippen molar-refractivity contribution in [2.75, 3.05) is 0 Å². The summed E-state index contributed by atoms with van der Waals surface area (Å²) in [5.41, 5.74) is 2.55. The summed E-state index contributed by atoms with van der Waals surface area (Å²) in [5.74, 6) is 0.296. The molecule has 0 unspecified atom stereocenters. The Bertz CT molecular complexity index is 420. The van der Waals surface area contributed by atoms with Crippen molar-refractivity contribution in [2.45, 2.75) is 39.0 Å². The summed E-state index contributed by atoms with van der Waals surface area (Å²) < 4.78 is 0.952. The lowest BCUT2D eigenvalue weighted by molar-refractivity contribution is -0.117. The van der Waals surface area contributed by atoms with Crippen molar-refractivity contribution in [2.24, 2.45) is 0 Å². The fraction of sp³-hybridized carbons (Fsp3) is 0.400. The Kier molecular flexibility index (Phi) is 7.52. The molecule has 0 aliphatic rings. The lowest BCUT2D eigenvalue weighted by Gasteiger charge is -2.03. The first kappa shape index (κ1) is 15.6. The quantitative estimate of drug-likeness (QED) is 0.579. The van der Waals surface area contributed by atoms with Crippen molar-refractivity contribution in [1.82, 2.24) is 0 Å². The molecule has 0 amide bonds. The van der Waals surface area contributed by atoms with Gasteiger partial charge in [-0.1, -0.05) is 30.7 Å². The molecular weight excluding hydrogens is 356 g/mol. The SMILES string of the molecule is CC(=O)CCCCCc1cccc(C=C(Br)Br)c1. The molecule has 0 fully saturated rings. The normalized spacial score (nSPS) is 10.2. The third-order valence-corrected chi connectivity index (χ3v) is 3.18. The van der Waals surface area contributed by atoms with Gasteiger partial charge in [0.2, 0.25) is 0 Å². The van der Waals surface area contributed by atoms with Gasteiger partial charge in [-0.15, -0.1) is 0 Å². The van der Waals surface area contributed by atoms with Gasteiger partial charge in [-0.3, -0.25) is 0 Å². The molecule has 0 saturated heterocycles. The molecule has 0 N–H and O–H groups in total. The van der Waals surface area contributed by atoms with Crippen LogP contribution in [0, 0.1) is 0 Å². The third-order valence-electron chi connectivity index (χ3n) is 2.72. The molecule has 0 aliphatic heterocycles. The van der Waals surface area contributed by atoms with Gasteiger partial charge < -0.3 is 4.79 Å². The molecule has 18 heavy (non-hydrogen) atoms. The highest BCUT2D eigenvalue weighted by molar-refractivity contribution is 9.28. The van der Waals surface area contributed by atoms with Crippen LogP contribution in [0.15, 0.2) is 27.7 Å². The van der Waals surface area contributed by atoms with E-state index in [1.165, 1.54) is 11.1 Å². The maximum atomic E-state index is 10.8. The Morgan fingerprint density at radius 1 is 1.22 bits per heavy atom. The number of rotatable bonds is 7. The molecule has 1 rings (SSSR count). The molecular formula is C15H18Br2O. The highest BCUT2D eigenvalue weighted by Crippen LogP contribution is 2.19. The summed E-state index contributed by atoms with van der Waals surface area (Å²) in [7, 11) is 0. The van der Waals surface area contributed by atoms with Crippen LogP contribution in [0.25, 0.3) is 6.08 Å². The summed E-state index contributed by atoms with van der Waals surface area (Å²) >= 11 is 6.74. The molecule has 0 aromatic heterocycles. The fourth-order valence-electron chi connectivity index (χ4n) is 1.84. The smallest absolute Gasteiger partial charge is 0.129 e. The summed E-state index contributed by atoms with van der Waals surface area (Å²) in [6.07, 6.45) is 7.14. The second-order valence-corrected chi connectivity index (χ2v) is 7.21. The predicted molar refractivity (Wildman–Crippen MR) is 85.1 cm³/mol. The zero-order chi connectivity index (χ0) is 13.4. The standard InChI is InChI=1S/C15H18Br2O/c1-12(18)6-3-2-4-7-13-8-5-9-14(10-13)11-15(16)17/h5,8-11H,2-4,6-7H2,1H3. The number of benzene rings is 1. The van der Waals surface area contributed by atoms with E-state index in [2.05, 4.69) is 56.1 Å². The van der Waals surface area contributed by atoms with Crippen LogP contribution < -0.4 is 0 Å². The van der Waals surface area contributed by atoms with E-state index in [1.54, 1.807) is 6.92 Å². The highest BCUT2D eigenvalue weighted by atomic mass is 79.9. The molecule has 0 heterocycles. The van der Waals surface area contributed by atoms with Crippen LogP contribution in [-0.4, -0.2) is 5.78 Å². The van der Waals surface area contributed by atoms with E-state index in [4.69, 9.17) is 0 Å². The second kappa shape index (κ2) is 8.65. The van der Waals surface area contributed by atoms with Crippen molar-refractivity contribution in [3.05, 3.63) is 38.8 Å². The van der Waals surface area contributed by atoms with Crippen LogP contribution in [0.2, 0.25) is 0 Å². The van der Waals surface area contributed by atoms with Crippen molar-refractivity contribution in [3.63, 3.8) is 0 Å². The maximum absolute atomic E-state index is 10.8. The van der Waals surface area contributed by atoms with Gasteiger partial charge in [0.25, 0.3) is 0 Å². The Morgan fingerprint density at radius 3 is 2.67 bits per heavy atom. The van der Waals surface area contributed by atoms with E-state index >= 15 is 0 Å². The largest absolute Gasteiger partial charge is 0.300 e. The van der Waals surface area contributed by atoms with Gasteiger partial charge in [0, 0.05) is 6.42 Å². The first-order chi connectivity index (χ1) is 8.58. The number of unbranched alkanes of at least 4 members (excludes halogenated alkanes) is 2. The molecule has 0 aliphatic carbocycles. The second-order valence-electron chi connectivity index (χ2n) is 4.44. The highest BCUT2D eigenvalue weighted by Gasteiger charge is 1.97. The summed E-state index contributed by atoms with van der Waals surface area (Å²) in [6, 6.07) is 8.53. The molecule has 1 aromatic rings. The van der Waals surface area contributed by atoms with E-state index in [9.17, 15) is 4.79 Å². The van der Waals surface area contributed by atoms with Crippen LogP contribution >= 0.6 is 31.9 Å². The van der Waals surface area contributed by atoms with Crippen LogP contribution in [-0.2, 0) is 11.2 Å². The van der Waals surface area contributed by atoms with Crippen LogP contribution in [0.3, 0.4) is 0 Å². The van der Waals surface area contributed by atoms with Crippen molar-refractivity contribution in [3.8, 4) is 0 Å². The van der Waals surface area contributed by atoms with E-state index in [-0.39, 0.29) is 0 Å². The van der Waals surface area contributed by atoms with Gasteiger partial charge in [-0.25, -0.2) is 0 Å². The topological polar surface area (TPSA) is 17.1 Å². The third kappa shape index (κ3) is 7.12. The molecule has 1 aromatic carbocycles. The Morgan fingerprint density at radius 2 is 2.00 bits per heavy atom. The average Bonchev–Trinajstić information content (AvgIpc) is 2.27. The molecule has 1 nitrogen and oxygen atoms in total. The predicted octanol–water partition coefficient (Wildman–Crippen LogP) is 5.47. The van der Waals surface area contributed by atoms with Gasteiger partial charge in [-0.05, 0) is 75.2 Å². The number of carbonyl (C=O) groups excluding carboxylic acids is 1. The number of Topliss-reactive ketones (excluding diaryl/α,β-unsaturated/α-hetero) is 1. The fourth-order valence-corrected chi connectivity index (χ4v) is 2.37. The van der Waals surface area contributed by atoms with E-state index in [1.807, 2.05) is 6.08 Å². The number of halogens is 2. The zero-order valence-corrected chi connectivity index (χ0v) is 13.8. The van der Waals surface area contributed by atoms with Gasteiger partial charge >= 0.3 is 0 Å². The monoisotopic (exact) mass is 372 g/mol. The first-order valence-electron chi connectivity index (χ1n) is 6.19. The Labute approximate surface area is 126 Å². The number of hydrogen-bond acceptors (Lipinski definition) is 1. The number of hydrogen-bond donors (Lipinski definition) is 0. The molecule has 0 atom stereocenters. The molecule has 0 radical (unpaired) electrons. The van der Waals surface area contributed by atoms with Gasteiger partial charge in [0.15, 0.2) is 0 Å². The molecule has 98 valence electrons. The van der Waals surface area contributed by atoms with Gasteiger partial charge in [-0.2, -0.15) is 0 Å². The lowest BCUT2D eigenvalue weighted by atomic mass is 10.0. The minimum Gasteiger partial charge on any atom is -0.300 e. The van der Waals surface area contributed by atoms with Crippen LogP contribution in [0.5, 0.6) is 0 Å². The Hall–Kier alpha value is -0.410. The molecule has 0 bridgehead atoms. The zero-order valence-electron chi connectivity index (χ0n) is 10.6. The minimum atomic E-state index is 0.296. The summed E-state index contributed by atoms with van der Waals surface area (Å²) in [5, 5.41) is 0. The molecule has 0 spiro atoms.